The van der Waals surface area contributed by atoms with E-state index in [1.807, 2.05) is 0 Å². The van der Waals surface area contributed by atoms with Crippen LogP contribution in [0.3, 0.4) is 0 Å². The Bertz CT molecular complexity index is 668. The van der Waals surface area contributed by atoms with E-state index in [0.717, 1.165) is 18.8 Å². The molecule has 5 heteroatoms. The number of halogens is 1. The molecule has 1 aromatic carbocycles. The number of nitrogens with zero attached hydrogens (tertiary/aromatic N) is 2. The Kier molecular flexibility index (Phi) is 9.54. The van der Waals surface area contributed by atoms with Gasteiger partial charge in [0.15, 0.2) is 0 Å². The molecule has 4 nitrogen and oxygen atoms in total. The van der Waals surface area contributed by atoms with Gasteiger partial charge < -0.3 is 14.4 Å². The third kappa shape index (κ3) is 7.27. The molecule has 0 atom stereocenters. The lowest BCUT2D eigenvalue weighted by Crippen LogP contribution is -2.47. The van der Waals surface area contributed by atoms with Gasteiger partial charge in [-0.25, -0.2) is 0 Å². The molecule has 1 saturated carbocycles. The lowest BCUT2D eigenvalue weighted by molar-refractivity contribution is 0.0968. The molecule has 0 bridgehead atoms. The summed E-state index contributed by atoms with van der Waals surface area (Å²) in [6, 6.07) is 6.82. The van der Waals surface area contributed by atoms with Crippen molar-refractivity contribution in [3.8, 4) is 5.75 Å². The second-order valence-electron chi connectivity index (χ2n) is 11.0. The van der Waals surface area contributed by atoms with Crippen LogP contribution in [0.2, 0.25) is 0 Å². The van der Waals surface area contributed by atoms with Crippen molar-refractivity contribution in [1.82, 2.24) is 4.90 Å². The van der Waals surface area contributed by atoms with Gasteiger partial charge in [-0.05, 0) is 72.7 Å². The van der Waals surface area contributed by atoms with Crippen molar-refractivity contribution in [3.05, 3.63) is 23.8 Å². The van der Waals surface area contributed by atoms with Crippen LogP contribution in [-0.2, 0) is 4.74 Å². The van der Waals surface area contributed by atoms with E-state index in [1.165, 1.54) is 56.6 Å². The predicted molar refractivity (Wildman–Crippen MR) is 134 cm³/mol. The third-order valence-electron chi connectivity index (χ3n) is 6.80. The Morgan fingerprint density at radius 1 is 0.968 bits per heavy atom. The standard InChI is InChI=1S/C26H44N2O2.ClH/c1-7-10-27-11-13-28(14-12-27)24-9-8-22(30-16-15-29-6)17-23(24)21-18-25(2,3)20-26(4,5)19-21;/h8-9,17,21H,7,10-16,18-20H2,1-6H3;1H. The summed E-state index contributed by atoms with van der Waals surface area (Å²) in [4.78, 5) is 5.22. The maximum Gasteiger partial charge on any atom is 0.119 e. The van der Waals surface area contributed by atoms with Crippen LogP contribution in [0.15, 0.2) is 18.2 Å². The van der Waals surface area contributed by atoms with Crippen LogP contribution in [0.4, 0.5) is 5.69 Å². The summed E-state index contributed by atoms with van der Waals surface area (Å²) in [5.74, 6) is 1.56. The van der Waals surface area contributed by atoms with Crippen LogP contribution in [0.25, 0.3) is 0 Å². The second kappa shape index (κ2) is 11.2. The SMILES string of the molecule is CCCN1CCN(c2ccc(OCCOC)cc2C2CC(C)(C)CC(C)(C)C2)CC1.Cl. The Morgan fingerprint density at radius 3 is 2.19 bits per heavy atom. The van der Waals surface area contributed by atoms with Gasteiger partial charge in [0.1, 0.15) is 12.4 Å². The summed E-state index contributed by atoms with van der Waals surface area (Å²) in [5, 5.41) is 0. The molecule has 0 N–H and O–H groups in total. The highest BCUT2D eigenvalue weighted by Crippen LogP contribution is 2.53. The Labute approximate surface area is 197 Å². The van der Waals surface area contributed by atoms with Crippen molar-refractivity contribution in [2.75, 3.05) is 57.9 Å². The van der Waals surface area contributed by atoms with E-state index in [2.05, 4.69) is 62.6 Å². The first-order chi connectivity index (χ1) is 14.2. The minimum absolute atomic E-state index is 0. The predicted octanol–water partition coefficient (Wildman–Crippen LogP) is 5.99. The van der Waals surface area contributed by atoms with Crippen molar-refractivity contribution < 1.29 is 9.47 Å². The Morgan fingerprint density at radius 2 is 1.61 bits per heavy atom. The first-order valence-corrected chi connectivity index (χ1v) is 12.0. The molecule has 2 fully saturated rings. The fourth-order valence-electron chi connectivity index (χ4n) is 6.07. The van der Waals surface area contributed by atoms with Crippen molar-refractivity contribution in [2.45, 2.75) is 66.2 Å². The average molecular weight is 453 g/mol. The van der Waals surface area contributed by atoms with Crippen molar-refractivity contribution >= 4 is 18.1 Å². The van der Waals surface area contributed by atoms with E-state index in [4.69, 9.17) is 9.47 Å². The lowest BCUT2D eigenvalue weighted by atomic mass is 9.60. The van der Waals surface area contributed by atoms with E-state index in [0.29, 0.717) is 30.0 Å². The van der Waals surface area contributed by atoms with Gasteiger partial charge in [0.25, 0.3) is 0 Å². The highest BCUT2D eigenvalue weighted by atomic mass is 35.5. The topological polar surface area (TPSA) is 24.9 Å². The van der Waals surface area contributed by atoms with Crippen LogP contribution >= 0.6 is 12.4 Å². The summed E-state index contributed by atoms with van der Waals surface area (Å²) in [6.07, 6.45) is 5.04. The first kappa shape index (κ1) is 26.3. The zero-order valence-corrected chi connectivity index (χ0v) is 21.5. The molecule has 0 spiro atoms. The van der Waals surface area contributed by atoms with Gasteiger partial charge in [-0.15, -0.1) is 12.4 Å². The van der Waals surface area contributed by atoms with Crippen LogP contribution in [0, 0.1) is 10.8 Å². The molecule has 0 aromatic heterocycles. The molecule has 0 amide bonds. The number of ether oxygens (including phenoxy) is 2. The molecular weight excluding hydrogens is 408 g/mol. The molecular formula is C26H45ClN2O2. The smallest absolute Gasteiger partial charge is 0.119 e. The minimum Gasteiger partial charge on any atom is -0.491 e. The summed E-state index contributed by atoms with van der Waals surface area (Å²) in [7, 11) is 1.72. The molecule has 1 saturated heterocycles. The van der Waals surface area contributed by atoms with Crippen molar-refractivity contribution in [2.24, 2.45) is 10.8 Å². The third-order valence-corrected chi connectivity index (χ3v) is 6.80. The average Bonchev–Trinajstić information content (AvgIpc) is 2.67. The number of anilines is 1. The minimum atomic E-state index is 0. The number of hydrogen-bond donors (Lipinski definition) is 0. The number of rotatable bonds is 8. The quantitative estimate of drug-likeness (QED) is 0.452. The van der Waals surface area contributed by atoms with E-state index in [9.17, 15) is 0 Å². The second-order valence-corrected chi connectivity index (χ2v) is 11.0. The summed E-state index contributed by atoms with van der Waals surface area (Å²) < 4.78 is 11.2. The maximum atomic E-state index is 6.02. The van der Waals surface area contributed by atoms with Gasteiger partial charge >= 0.3 is 0 Å². The number of hydrogen-bond acceptors (Lipinski definition) is 4. The largest absolute Gasteiger partial charge is 0.491 e. The summed E-state index contributed by atoms with van der Waals surface area (Å²) in [5.41, 5.74) is 3.67. The van der Waals surface area contributed by atoms with Gasteiger partial charge in [-0.1, -0.05) is 34.6 Å². The fourth-order valence-corrected chi connectivity index (χ4v) is 6.07. The van der Waals surface area contributed by atoms with E-state index in [1.54, 1.807) is 7.11 Å². The van der Waals surface area contributed by atoms with Gasteiger partial charge in [0.2, 0.25) is 0 Å². The van der Waals surface area contributed by atoms with E-state index in [-0.39, 0.29) is 12.4 Å². The highest BCUT2D eigenvalue weighted by molar-refractivity contribution is 5.85. The molecule has 0 radical (unpaired) electrons. The number of methoxy groups -OCH3 is 1. The van der Waals surface area contributed by atoms with Crippen LogP contribution in [0.5, 0.6) is 5.75 Å². The van der Waals surface area contributed by atoms with Crippen LogP contribution in [-0.4, -0.2) is 57.9 Å². The normalized spacial score (nSPS) is 21.5. The molecule has 3 rings (SSSR count). The molecule has 31 heavy (non-hydrogen) atoms. The fraction of sp³-hybridized carbons (Fsp3) is 0.769. The first-order valence-electron chi connectivity index (χ1n) is 12.0. The monoisotopic (exact) mass is 452 g/mol. The number of piperazine rings is 1. The zero-order chi connectivity index (χ0) is 21.8. The van der Waals surface area contributed by atoms with Crippen LogP contribution in [0.1, 0.15) is 71.8 Å². The van der Waals surface area contributed by atoms with E-state index < -0.39 is 0 Å². The summed E-state index contributed by atoms with van der Waals surface area (Å²) in [6.45, 7) is 19.1. The van der Waals surface area contributed by atoms with Gasteiger partial charge in [-0.3, -0.25) is 4.90 Å². The molecule has 2 aliphatic rings. The van der Waals surface area contributed by atoms with Crippen molar-refractivity contribution in [1.29, 1.82) is 0 Å². The maximum absolute atomic E-state index is 6.02. The van der Waals surface area contributed by atoms with Crippen molar-refractivity contribution in [3.63, 3.8) is 0 Å². The summed E-state index contributed by atoms with van der Waals surface area (Å²) >= 11 is 0. The number of benzene rings is 1. The molecule has 0 unspecified atom stereocenters. The molecule has 1 aromatic rings. The van der Waals surface area contributed by atoms with Gasteiger partial charge in [0, 0.05) is 39.0 Å². The molecule has 1 aliphatic heterocycles. The van der Waals surface area contributed by atoms with Gasteiger partial charge in [-0.2, -0.15) is 0 Å². The van der Waals surface area contributed by atoms with E-state index >= 15 is 0 Å². The highest BCUT2D eigenvalue weighted by Gasteiger charge is 2.40. The molecule has 1 heterocycles. The lowest BCUT2D eigenvalue weighted by Gasteiger charge is -2.46. The molecule has 1 aliphatic carbocycles. The zero-order valence-electron chi connectivity index (χ0n) is 20.7. The van der Waals surface area contributed by atoms with Gasteiger partial charge in [0.05, 0.1) is 6.61 Å². The Balaban J connectivity index is 0.00000341. The molecule has 178 valence electrons. The Hall–Kier alpha value is -0.970. The van der Waals surface area contributed by atoms with Crippen LogP contribution < -0.4 is 9.64 Å².